The van der Waals surface area contributed by atoms with Gasteiger partial charge in [-0.2, -0.15) is 0 Å². The third kappa shape index (κ3) is 5.04. The van der Waals surface area contributed by atoms with Crippen molar-refractivity contribution in [3.8, 4) is 5.88 Å². The zero-order valence-electron chi connectivity index (χ0n) is 16.4. The number of carbonyl (C=O) groups is 1. The van der Waals surface area contributed by atoms with E-state index >= 15 is 0 Å². The predicted octanol–water partition coefficient (Wildman–Crippen LogP) is 2.48. The molecule has 0 bridgehead atoms. The molecule has 28 heavy (non-hydrogen) atoms. The molecule has 1 aromatic rings. The fourth-order valence-electron chi connectivity index (χ4n) is 3.98. The van der Waals surface area contributed by atoms with Gasteiger partial charge in [-0.25, -0.2) is 14.8 Å². The Kier molecular flexibility index (Phi) is 6.46. The molecule has 0 radical (unpaired) electrons. The van der Waals surface area contributed by atoms with Crippen LogP contribution in [0.15, 0.2) is 12.4 Å². The molecule has 0 aliphatic carbocycles. The molecule has 0 aromatic carbocycles. The van der Waals surface area contributed by atoms with Crippen molar-refractivity contribution in [2.45, 2.75) is 44.6 Å². The molecule has 3 fully saturated rings. The molecule has 1 aromatic heterocycles. The molecule has 3 saturated heterocycles. The monoisotopic (exact) mass is 390 g/mol. The molecule has 4 rings (SSSR count). The summed E-state index contributed by atoms with van der Waals surface area (Å²) in [6.07, 6.45) is 9.61. The molecule has 1 atom stereocenters. The molecular weight excluding hydrogens is 360 g/mol. The van der Waals surface area contributed by atoms with Crippen molar-refractivity contribution in [2.75, 3.05) is 50.9 Å². The molecular formula is C20H30N4O4. The normalized spacial score (nSPS) is 23.6. The maximum atomic E-state index is 12.2. The molecule has 154 valence electrons. The van der Waals surface area contributed by atoms with E-state index in [4.69, 9.17) is 14.2 Å². The van der Waals surface area contributed by atoms with Gasteiger partial charge in [0.05, 0.1) is 32.2 Å². The molecule has 8 heteroatoms. The average molecular weight is 390 g/mol. The smallest absolute Gasteiger partial charge is 0.410 e. The lowest BCUT2D eigenvalue weighted by Crippen LogP contribution is -2.41. The van der Waals surface area contributed by atoms with Gasteiger partial charge in [-0.05, 0) is 38.0 Å². The van der Waals surface area contributed by atoms with Gasteiger partial charge in [0.25, 0.3) is 0 Å². The van der Waals surface area contributed by atoms with Crippen LogP contribution in [0.3, 0.4) is 0 Å². The molecule has 0 unspecified atom stereocenters. The Morgan fingerprint density at radius 2 is 1.89 bits per heavy atom. The van der Waals surface area contributed by atoms with Crippen LogP contribution >= 0.6 is 0 Å². The number of anilines is 1. The Bertz CT molecular complexity index is 622. The minimum absolute atomic E-state index is 0.0833. The fourth-order valence-corrected chi connectivity index (χ4v) is 3.98. The van der Waals surface area contributed by atoms with Gasteiger partial charge in [0.2, 0.25) is 5.88 Å². The highest BCUT2D eigenvalue weighted by atomic mass is 16.6. The predicted molar refractivity (Wildman–Crippen MR) is 104 cm³/mol. The van der Waals surface area contributed by atoms with Crippen LogP contribution in [0.1, 0.15) is 38.5 Å². The highest BCUT2D eigenvalue weighted by molar-refractivity contribution is 5.68. The Hall–Kier alpha value is -2.09. The van der Waals surface area contributed by atoms with Crippen LogP contribution in [0, 0.1) is 5.92 Å². The third-order valence-corrected chi connectivity index (χ3v) is 5.79. The second-order valence-corrected chi connectivity index (χ2v) is 7.87. The second-order valence-electron chi connectivity index (χ2n) is 7.87. The van der Waals surface area contributed by atoms with Crippen LogP contribution in [-0.4, -0.2) is 73.1 Å². The Balaban J connectivity index is 1.17. The van der Waals surface area contributed by atoms with Crippen molar-refractivity contribution in [1.29, 1.82) is 0 Å². The number of rotatable bonds is 5. The van der Waals surface area contributed by atoms with E-state index in [-0.39, 0.29) is 12.2 Å². The molecule has 3 aliphatic heterocycles. The SMILES string of the molecule is O=C(O[C@H]1CCOC1)N1CCC(COc2cnc(N3CCCCC3)cn2)CC1. The first-order valence-electron chi connectivity index (χ1n) is 10.5. The quantitative estimate of drug-likeness (QED) is 0.764. The van der Waals surface area contributed by atoms with Crippen molar-refractivity contribution in [1.82, 2.24) is 14.9 Å². The summed E-state index contributed by atoms with van der Waals surface area (Å²) in [5, 5.41) is 0. The number of amides is 1. The Morgan fingerprint density at radius 1 is 1.07 bits per heavy atom. The minimum atomic E-state index is -0.214. The van der Waals surface area contributed by atoms with Gasteiger partial charge < -0.3 is 24.0 Å². The van der Waals surface area contributed by atoms with Crippen LogP contribution in [0.2, 0.25) is 0 Å². The van der Waals surface area contributed by atoms with E-state index in [1.54, 1.807) is 11.1 Å². The number of ether oxygens (including phenoxy) is 3. The summed E-state index contributed by atoms with van der Waals surface area (Å²) < 4.78 is 16.6. The lowest BCUT2D eigenvalue weighted by molar-refractivity contribution is 0.0432. The van der Waals surface area contributed by atoms with Crippen molar-refractivity contribution in [3.05, 3.63) is 12.4 Å². The fraction of sp³-hybridized carbons (Fsp3) is 0.750. The summed E-state index contributed by atoms with van der Waals surface area (Å²) in [5.41, 5.74) is 0. The first kappa shape index (κ1) is 19.2. The summed E-state index contributed by atoms with van der Waals surface area (Å²) in [6.45, 7) is 5.34. The topological polar surface area (TPSA) is 77.0 Å². The summed E-state index contributed by atoms with van der Waals surface area (Å²) >= 11 is 0. The number of aromatic nitrogens is 2. The number of hydrogen-bond acceptors (Lipinski definition) is 7. The van der Waals surface area contributed by atoms with Crippen molar-refractivity contribution in [3.63, 3.8) is 0 Å². The van der Waals surface area contributed by atoms with Gasteiger partial charge in [-0.15, -0.1) is 0 Å². The average Bonchev–Trinajstić information content (AvgIpc) is 3.27. The van der Waals surface area contributed by atoms with E-state index in [0.29, 0.717) is 44.7 Å². The van der Waals surface area contributed by atoms with Crippen LogP contribution in [0.4, 0.5) is 10.6 Å². The first-order chi connectivity index (χ1) is 13.8. The Morgan fingerprint density at radius 3 is 2.57 bits per heavy atom. The van der Waals surface area contributed by atoms with Crippen molar-refractivity contribution < 1.29 is 19.0 Å². The number of nitrogens with zero attached hydrogens (tertiary/aromatic N) is 4. The van der Waals surface area contributed by atoms with Crippen molar-refractivity contribution >= 4 is 11.9 Å². The summed E-state index contributed by atoms with van der Waals surface area (Å²) in [4.78, 5) is 25.2. The maximum absolute atomic E-state index is 12.2. The van der Waals surface area contributed by atoms with E-state index in [2.05, 4.69) is 14.9 Å². The molecule has 0 saturated carbocycles. The van der Waals surface area contributed by atoms with Crippen molar-refractivity contribution in [2.24, 2.45) is 5.92 Å². The van der Waals surface area contributed by atoms with Crippen LogP contribution in [0.25, 0.3) is 0 Å². The lowest BCUT2D eigenvalue weighted by Gasteiger charge is -2.31. The van der Waals surface area contributed by atoms with Crippen LogP contribution in [0.5, 0.6) is 5.88 Å². The maximum Gasteiger partial charge on any atom is 0.410 e. The minimum Gasteiger partial charge on any atom is -0.476 e. The number of likely N-dealkylation sites (tertiary alicyclic amines) is 1. The van der Waals surface area contributed by atoms with Gasteiger partial charge in [0.15, 0.2) is 0 Å². The van der Waals surface area contributed by atoms with E-state index in [1.165, 1.54) is 19.3 Å². The van der Waals surface area contributed by atoms with E-state index < -0.39 is 0 Å². The Labute approximate surface area is 166 Å². The van der Waals surface area contributed by atoms with Crippen LogP contribution < -0.4 is 9.64 Å². The molecule has 1 amide bonds. The molecule has 0 N–H and O–H groups in total. The zero-order valence-corrected chi connectivity index (χ0v) is 16.4. The summed E-state index contributed by atoms with van der Waals surface area (Å²) in [5.74, 6) is 1.93. The molecule has 0 spiro atoms. The largest absolute Gasteiger partial charge is 0.476 e. The van der Waals surface area contributed by atoms with Gasteiger partial charge in [-0.1, -0.05) is 0 Å². The van der Waals surface area contributed by atoms with Crippen LogP contribution in [-0.2, 0) is 9.47 Å². The molecule has 8 nitrogen and oxygen atoms in total. The molecule has 3 aliphatic rings. The molecule has 4 heterocycles. The van der Waals surface area contributed by atoms with E-state index in [9.17, 15) is 4.79 Å². The van der Waals surface area contributed by atoms with Gasteiger partial charge in [-0.3, -0.25) is 0 Å². The highest BCUT2D eigenvalue weighted by Gasteiger charge is 2.27. The number of piperidine rings is 2. The summed E-state index contributed by atoms with van der Waals surface area (Å²) in [7, 11) is 0. The van der Waals surface area contributed by atoms with E-state index in [0.717, 1.165) is 38.2 Å². The summed E-state index contributed by atoms with van der Waals surface area (Å²) in [6, 6.07) is 0. The number of hydrogen-bond donors (Lipinski definition) is 0. The van der Waals surface area contributed by atoms with E-state index in [1.807, 2.05) is 6.20 Å². The standard InChI is InChI=1S/C20H30N4O4/c25-20(28-17-6-11-26-15-17)24-9-4-16(5-10-24)14-27-19-13-21-18(12-22-19)23-7-2-1-3-8-23/h12-13,16-17H,1-11,14-15H2/t17-/m0/s1. The second kappa shape index (κ2) is 9.41. The van der Waals surface area contributed by atoms with Gasteiger partial charge >= 0.3 is 6.09 Å². The lowest BCUT2D eigenvalue weighted by atomic mass is 9.98. The van der Waals surface area contributed by atoms with Gasteiger partial charge in [0.1, 0.15) is 11.9 Å². The third-order valence-electron chi connectivity index (χ3n) is 5.79. The zero-order chi connectivity index (χ0) is 19.2. The first-order valence-corrected chi connectivity index (χ1v) is 10.5. The van der Waals surface area contributed by atoms with Gasteiger partial charge in [0, 0.05) is 32.6 Å². The highest BCUT2D eigenvalue weighted by Crippen LogP contribution is 2.21. The number of carbonyl (C=O) groups excluding carboxylic acids is 1.